The summed E-state index contributed by atoms with van der Waals surface area (Å²) < 4.78 is 19.0. The van der Waals surface area contributed by atoms with Gasteiger partial charge in [0.25, 0.3) is 0 Å². The number of hydrogen-bond donors (Lipinski definition) is 2. The van der Waals surface area contributed by atoms with Gasteiger partial charge >= 0.3 is 17.9 Å². The topological polar surface area (TPSA) is 114 Å². The minimum Gasteiger partial charge on any atom is -0.481 e. The average Bonchev–Trinajstić information content (AvgIpc) is 3.56. The van der Waals surface area contributed by atoms with Gasteiger partial charge in [-0.2, -0.15) is 0 Å². The highest BCUT2D eigenvalue weighted by Crippen LogP contribution is 2.75. The summed E-state index contributed by atoms with van der Waals surface area (Å²) in [6.07, 6.45) is 9.80. The van der Waals surface area contributed by atoms with Gasteiger partial charge in [-0.3, -0.25) is 14.4 Å². The molecule has 0 amide bonds. The quantitative estimate of drug-likeness (QED) is 0.142. The summed E-state index contributed by atoms with van der Waals surface area (Å²) in [7, 11) is 0. The Labute approximate surface area is 301 Å². The third kappa shape index (κ3) is 5.97. The standard InChI is InChI=1S/C41H66N2O7/c1-26(2)27(3)37(5)16-17-39(7)29-12-13-32-38(6)24-48-25-41(32,30(29)14-15-40(39,8)34(37)36(46)47)22-31(49-28(4)44)35(38)50-33(45)23-42-18-11-21-43-19-9-10-20-43/h14,26-27,29,31-32,34-35,42H,9-13,15-25H2,1-8H3,(H,46,47)/t27-,29+,31-,32+,34-,35+,37-,38-,39-,40+,41+/m1/s1. The maximum Gasteiger partial charge on any atom is 0.320 e. The maximum atomic E-state index is 13.4. The summed E-state index contributed by atoms with van der Waals surface area (Å²) in [5, 5.41) is 14.3. The molecule has 50 heavy (non-hydrogen) atoms. The fourth-order valence-electron chi connectivity index (χ4n) is 12.9. The van der Waals surface area contributed by atoms with Gasteiger partial charge in [0, 0.05) is 17.8 Å². The molecular weight excluding hydrogens is 632 g/mol. The fourth-order valence-corrected chi connectivity index (χ4v) is 12.9. The molecule has 0 aromatic carbocycles. The van der Waals surface area contributed by atoms with Crippen molar-refractivity contribution in [1.82, 2.24) is 10.2 Å². The lowest BCUT2D eigenvalue weighted by Crippen LogP contribution is -2.70. The van der Waals surface area contributed by atoms with Crippen LogP contribution in [-0.2, 0) is 28.6 Å². The minimum atomic E-state index is -0.663. The van der Waals surface area contributed by atoms with Gasteiger partial charge in [-0.05, 0) is 124 Å². The van der Waals surface area contributed by atoms with Gasteiger partial charge in [0.1, 0.15) is 12.2 Å². The van der Waals surface area contributed by atoms with Crippen molar-refractivity contribution in [3.05, 3.63) is 11.6 Å². The summed E-state index contributed by atoms with van der Waals surface area (Å²) in [5.41, 5.74) is -0.420. The molecule has 6 aliphatic rings. The molecule has 3 saturated carbocycles. The monoisotopic (exact) mass is 698 g/mol. The van der Waals surface area contributed by atoms with Crippen LogP contribution < -0.4 is 5.32 Å². The van der Waals surface area contributed by atoms with Crippen molar-refractivity contribution in [2.24, 2.45) is 56.7 Å². The highest BCUT2D eigenvalue weighted by Gasteiger charge is 2.72. The first kappa shape index (κ1) is 37.8. The second-order valence-corrected chi connectivity index (χ2v) is 18.7. The van der Waals surface area contributed by atoms with Crippen molar-refractivity contribution >= 4 is 17.9 Å². The third-order valence-corrected chi connectivity index (χ3v) is 15.9. The van der Waals surface area contributed by atoms with E-state index in [-0.39, 0.29) is 52.5 Å². The SMILES string of the molecule is CC(=O)O[C@@H]1C[C@@]23COC[C@](C)([C@@H]2CC[C@H]2C3=CC[C@@]3(C)[C@H](C(=O)O)[C@@](C)([C@H](C)C(C)C)CC[C@]23C)[C@H]1OC(=O)CNCCCN1CCCC1. The van der Waals surface area contributed by atoms with Crippen LogP contribution in [-0.4, -0.2) is 86.1 Å². The lowest BCUT2D eigenvalue weighted by Gasteiger charge is -2.71. The molecule has 0 spiro atoms. The average molecular weight is 699 g/mol. The van der Waals surface area contributed by atoms with Crippen LogP contribution in [0.25, 0.3) is 0 Å². The second-order valence-electron chi connectivity index (χ2n) is 18.7. The molecule has 0 aromatic heterocycles. The molecule has 2 heterocycles. The Morgan fingerprint density at radius 1 is 1.02 bits per heavy atom. The molecule has 0 unspecified atom stereocenters. The normalized spacial score (nSPS) is 43.2. The summed E-state index contributed by atoms with van der Waals surface area (Å²) in [4.78, 5) is 41.9. The second kappa shape index (κ2) is 13.8. The van der Waals surface area contributed by atoms with Crippen LogP contribution in [0.15, 0.2) is 11.6 Å². The molecule has 282 valence electrons. The molecular formula is C41H66N2O7. The zero-order valence-corrected chi connectivity index (χ0v) is 32.3. The van der Waals surface area contributed by atoms with Gasteiger partial charge in [-0.25, -0.2) is 0 Å². The number of allylic oxidation sites excluding steroid dienone is 1. The van der Waals surface area contributed by atoms with Crippen LogP contribution in [0.4, 0.5) is 0 Å². The van der Waals surface area contributed by atoms with E-state index in [0.29, 0.717) is 32.0 Å². The number of carbonyl (C=O) groups excluding carboxylic acids is 2. The molecule has 2 saturated heterocycles. The van der Waals surface area contributed by atoms with Crippen LogP contribution >= 0.6 is 0 Å². The number of rotatable bonds is 11. The zero-order valence-electron chi connectivity index (χ0n) is 32.3. The first-order chi connectivity index (χ1) is 23.5. The van der Waals surface area contributed by atoms with Crippen molar-refractivity contribution in [3.63, 3.8) is 0 Å². The molecule has 0 aromatic rings. The Hall–Kier alpha value is -1.97. The van der Waals surface area contributed by atoms with E-state index < -0.39 is 34.9 Å². The molecule has 9 nitrogen and oxygen atoms in total. The van der Waals surface area contributed by atoms with Crippen molar-refractivity contribution < 1.29 is 33.7 Å². The van der Waals surface area contributed by atoms with Gasteiger partial charge in [0.15, 0.2) is 0 Å². The number of likely N-dealkylation sites (tertiary alicyclic amines) is 1. The van der Waals surface area contributed by atoms with E-state index in [1.54, 1.807) is 0 Å². The van der Waals surface area contributed by atoms with Gasteiger partial charge in [-0.15, -0.1) is 0 Å². The van der Waals surface area contributed by atoms with Crippen LogP contribution in [0.5, 0.6) is 0 Å². The van der Waals surface area contributed by atoms with Gasteiger partial charge in [0.05, 0.1) is 25.7 Å². The molecule has 5 fully saturated rings. The number of carboxylic acids is 1. The number of ether oxygens (including phenoxy) is 3. The number of carboxylic acid groups (broad SMARTS) is 1. The molecule has 2 N–H and O–H groups in total. The van der Waals surface area contributed by atoms with E-state index in [1.165, 1.54) is 38.4 Å². The van der Waals surface area contributed by atoms with E-state index in [2.05, 4.69) is 64.8 Å². The van der Waals surface area contributed by atoms with Crippen LogP contribution in [0.3, 0.4) is 0 Å². The third-order valence-electron chi connectivity index (χ3n) is 15.9. The Kier molecular flexibility index (Phi) is 10.4. The summed E-state index contributed by atoms with van der Waals surface area (Å²) in [5.74, 6) is -0.712. The number of hydrogen-bond acceptors (Lipinski definition) is 8. The molecule has 6 rings (SSSR count). The number of nitrogens with one attached hydrogen (secondary N) is 1. The van der Waals surface area contributed by atoms with E-state index in [9.17, 15) is 19.5 Å². The predicted molar refractivity (Wildman–Crippen MR) is 192 cm³/mol. The van der Waals surface area contributed by atoms with E-state index in [4.69, 9.17) is 14.2 Å². The highest BCUT2D eigenvalue weighted by atomic mass is 16.6. The molecule has 11 atom stereocenters. The lowest BCUT2D eigenvalue weighted by atomic mass is 9.34. The Morgan fingerprint density at radius 3 is 2.40 bits per heavy atom. The molecule has 4 aliphatic carbocycles. The maximum absolute atomic E-state index is 13.4. The van der Waals surface area contributed by atoms with Crippen LogP contribution in [0.1, 0.15) is 113 Å². The summed E-state index contributed by atoms with van der Waals surface area (Å²) in [6.45, 7) is 22.5. The molecule has 0 radical (unpaired) electrons. The van der Waals surface area contributed by atoms with Crippen LogP contribution in [0.2, 0.25) is 0 Å². The Bertz CT molecular complexity index is 1340. The Morgan fingerprint density at radius 2 is 1.74 bits per heavy atom. The highest BCUT2D eigenvalue weighted by molar-refractivity contribution is 5.73. The first-order valence-corrected chi connectivity index (χ1v) is 19.8. The Balaban J connectivity index is 1.27. The van der Waals surface area contributed by atoms with Crippen molar-refractivity contribution in [2.75, 3.05) is 45.9 Å². The van der Waals surface area contributed by atoms with Crippen molar-refractivity contribution in [2.45, 2.75) is 125 Å². The summed E-state index contributed by atoms with van der Waals surface area (Å²) >= 11 is 0. The fraction of sp³-hybridized carbons (Fsp3) is 0.878. The zero-order chi connectivity index (χ0) is 36.3. The molecule has 9 heteroatoms. The van der Waals surface area contributed by atoms with Crippen molar-refractivity contribution in [1.29, 1.82) is 0 Å². The minimum absolute atomic E-state index is 0.124. The van der Waals surface area contributed by atoms with Gasteiger partial charge in [-0.1, -0.05) is 60.1 Å². The van der Waals surface area contributed by atoms with Gasteiger partial charge in [0.2, 0.25) is 0 Å². The molecule has 2 bridgehead atoms. The molecule has 2 aliphatic heterocycles. The van der Waals surface area contributed by atoms with E-state index in [1.807, 2.05) is 0 Å². The van der Waals surface area contributed by atoms with E-state index in [0.717, 1.165) is 45.2 Å². The largest absolute Gasteiger partial charge is 0.481 e. The van der Waals surface area contributed by atoms with Crippen LogP contribution in [0, 0.1) is 56.7 Å². The smallest absolute Gasteiger partial charge is 0.320 e. The number of aliphatic carboxylic acids is 1. The number of carbonyl (C=O) groups is 3. The first-order valence-electron chi connectivity index (χ1n) is 19.8. The number of nitrogens with zero attached hydrogens (tertiary/aromatic N) is 1. The van der Waals surface area contributed by atoms with Crippen molar-refractivity contribution in [3.8, 4) is 0 Å². The lowest BCUT2D eigenvalue weighted by molar-refractivity contribution is -0.262. The summed E-state index contributed by atoms with van der Waals surface area (Å²) in [6, 6.07) is 0. The predicted octanol–water partition coefficient (Wildman–Crippen LogP) is 6.49. The van der Waals surface area contributed by atoms with E-state index >= 15 is 0 Å². The number of esters is 2. The number of fused-ring (bicyclic) bond motifs is 3. The van der Waals surface area contributed by atoms with Gasteiger partial charge < -0.3 is 29.5 Å².